The van der Waals surface area contributed by atoms with Crippen molar-refractivity contribution < 1.29 is 4.74 Å². The van der Waals surface area contributed by atoms with Gasteiger partial charge in [0.25, 0.3) is 0 Å². The number of halogens is 1. The number of hydrogen-bond acceptors (Lipinski definition) is 4. The Morgan fingerprint density at radius 2 is 2.04 bits per heavy atom. The third-order valence-corrected chi connectivity index (χ3v) is 6.37. The van der Waals surface area contributed by atoms with Crippen molar-refractivity contribution in [3.63, 3.8) is 0 Å². The molecular weight excluding hydrogens is 459 g/mol. The molecule has 0 radical (unpaired) electrons. The van der Waals surface area contributed by atoms with Gasteiger partial charge in [-0.15, -0.1) is 35.3 Å². The Bertz CT molecular complexity index is 551. The topological polar surface area (TPSA) is 49.8 Å². The van der Waals surface area contributed by atoms with Gasteiger partial charge in [-0.1, -0.05) is 19.8 Å². The van der Waals surface area contributed by atoms with Crippen LogP contribution >= 0.6 is 35.3 Å². The maximum Gasteiger partial charge on any atom is 0.193 e. The van der Waals surface area contributed by atoms with Crippen LogP contribution in [0.2, 0.25) is 0 Å². The molecule has 0 unspecified atom stereocenters. The molecule has 2 fully saturated rings. The lowest BCUT2D eigenvalue weighted by atomic mass is 10.1. The van der Waals surface area contributed by atoms with Crippen LogP contribution in [0.1, 0.15) is 56.2 Å². The van der Waals surface area contributed by atoms with Gasteiger partial charge in [0.1, 0.15) is 0 Å². The van der Waals surface area contributed by atoms with Crippen molar-refractivity contribution in [2.45, 2.75) is 64.5 Å². The summed E-state index contributed by atoms with van der Waals surface area (Å²) in [7, 11) is 1.86. The summed E-state index contributed by atoms with van der Waals surface area (Å²) in [6.45, 7) is 5.91. The van der Waals surface area contributed by atoms with Crippen LogP contribution in [0.4, 0.5) is 0 Å². The van der Waals surface area contributed by atoms with Gasteiger partial charge in [0, 0.05) is 32.1 Å². The van der Waals surface area contributed by atoms with Gasteiger partial charge in [-0.05, 0) is 38.0 Å². The van der Waals surface area contributed by atoms with Crippen molar-refractivity contribution in [3.8, 4) is 0 Å². The van der Waals surface area contributed by atoms with Crippen LogP contribution < -0.4 is 5.32 Å². The number of thiazole rings is 1. The van der Waals surface area contributed by atoms with E-state index in [0.29, 0.717) is 6.10 Å². The fraction of sp³-hybridized carbons (Fsp3) is 0.789. The number of aryl methyl sites for hydroxylation is 1. The highest BCUT2D eigenvalue weighted by atomic mass is 127. The molecular formula is C19H33IN4OS. The first-order chi connectivity index (χ1) is 12.3. The molecule has 2 aliphatic rings. The van der Waals surface area contributed by atoms with E-state index in [1.165, 1.54) is 30.7 Å². The maximum absolute atomic E-state index is 6.18. The Hall–Kier alpha value is -0.410. The maximum atomic E-state index is 6.18. The van der Waals surface area contributed by atoms with Gasteiger partial charge in [-0.25, -0.2) is 4.98 Å². The van der Waals surface area contributed by atoms with Crippen molar-refractivity contribution >= 4 is 41.3 Å². The van der Waals surface area contributed by atoms with Gasteiger partial charge in [-0.2, -0.15) is 0 Å². The molecule has 0 aromatic carbocycles. The highest BCUT2D eigenvalue weighted by Crippen LogP contribution is 2.26. The number of ether oxygens (including phenoxy) is 1. The van der Waals surface area contributed by atoms with Gasteiger partial charge < -0.3 is 15.0 Å². The average Bonchev–Trinajstić information content (AvgIpc) is 3.33. The lowest BCUT2D eigenvalue weighted by Crippen LogP contribution is -2.46. The quantitative estimate of drug-likeness (QED) is 0.370. The zero-order valence-corrected chi connectivity index (χ0v) is 19.2. The zero-order valence-electron chi connectivity index (χ0n) is 16.1. The van der Waals surface area contributed by atoms with E-state index in [0.717, 1.165) is 63.1 Å². The van der Waals surface area contributed by atoms with Gasteiger partial charge in [0.2, 0.25) is 0 Å². The molecule has 0 atom stereocenters. The molecule has 0 amide bonds. The lowest BCUT2D eigenvalue weighted by Gasteiger charge is -2.34. The molecule has 148 valence electrons. The number of piperidine rings is 1. The Kier molecular flexibility index (Phi) is 9.63. The summed E-state index contributed by atoms with van der Waals surface area (Å²) in [5.74, 6) is 1.80. The Balaban J connectivity index is 0.00000243. The second kappa shape index (κ2) is 11.4. The van der Waals surface area contributed by atoms with Crippen LogP contribution in [-0.2, 0) is 17.7 Å². The predicted octanol–water partition coefficient (Wildman–Crippen LogP) is 4.07. The second-order valence-electron chi connectivity index (χ2n) is 7.16. The van der Waals surface area contributed by atoms with Crippen LogP contribution in [0, 0.1) is 5.92 Å². The monoisotopic (exact) mass is 492 g/mol. The summed E-state index contributed by atoms with van der Waals surface area (Å²) in [4.78, 5) is 11.4. The van der Waals surface area contributed by atoms with Gasteiger partial charge in [0.05, 0.1) is 23.4 Å². The molecule has 1 saturated carbocycles. The largest absolute Gasteiger partial charge is 0.378 e. The number of aromatic nitrogens is 1. The Morgan fingerprint density at radius 1 is 1.31 bits per heavy atom. The van der Waals surface area contributed by atoms with E-state index in [1.807, 2.05) is 7.05 Å². The number of likely N-dealkylation sites (tertiary alicyclic amines) is 1. The molecule has 1 N–H and O–H groups in total. The summed E-state index contributed by atoms with van der Waals surface area (Å²) in [6.07, 6.45) is 9.17. The van der Waals surface area contributed by atoms with Crippen molar-refractivity contribution in [1.29, 1.82) is 0 Å². The van der Waals surface area contributed by atoms with Crippen LogP contribution in [-0.4, -0.2) is 48.7 Å². The van der Waals surface area contributed by atoms with Crippen molar-refractivity contribution in [1.82, 2.24) is 15.2 Å². The van der Waals surface area contributed by atoms with E-state index >= 15 is 0 Å². The molecule has 1 aliphatic carbocycles. The summed E-state index contributed by atoms with van der Waals surface area (Å²) >= 11 is 1.74. The Labute approximate surface area is 179 Å². The highest BCUT2D eigenvalue weighted by Gasteiger charge is 2.23. The molecule has 1 aromatic heterocycles. The van der Waals surface area contributed by atoms with E-state index in [1.54, 1.807) is 11.3 Å². The van der Waals surface area contributed by atoms with Crippen LogP contribution in [0.3, 0.4) is 0 Å². The minimum Gasteiger partial charge on any atom is -0.378 e. The third kappa shape index (κ3) is 6.34. The average molecular weight is 492 g/mol. The summed E-state index contributed by atoms with van der Waals surface area (Å²) < 4.78 is 6.18. The summed E-state index contributed by atoms with van der Waals surface area (Å²) in [5, 5.41) is 6.81. The fourth-order valence-corrected chi connectivity index (χ4v) is 4.52. The Morgan fingerprint density at radius 3 is 2.65 bits per heavy atom. The first kappa shape index (κ1) is 21.9. The SMILES string of the molecule is CCc1nc(CNC(=NC)N2CCC(OCC3CCCC3)CC2)cs1.I. The normalized spacial score (nSPS) is 19.6. The van der Waals surface area contributed by atoms with E-state index in [2.05, 4.69) is 32.5 Å². The van der Waals surface area contributed by atoms with Crippen LogP contribution in [0.25, 0.3) is 0 Å². The van der Waals surface area contributed by atoms with Gasteiger partial charge in [0.15, 0.2) is 5.96 Å². The number of nitrogens with one attached hydrogen (secondary N) is 1. The standard InChI is InChI=1S/C19H32N4OS.HI/c1-3-18-22-16(14-25-18)12-21-19(20-2)23-10-8-17(9-11-23)24-13-15-6-4-5-7-15;/h14-15,17H,3-13H2,1-2H3,(H,20,21);1H. The molecule has 1 aliphatic heterocycles. The summed E-state index contributed by atoms with van der Waals surface area (Å²) in [5.41, 5.74) is 1.11. The van der Waals surface area contributed by atoms with Gasteiger partial charge >= 0.3 is 0 Å². The lowest BCUT2D eigenvalue weighted by molar-refractivity contribution is 0.00101. The van der Waals surface area contributed by atoms with E-state index in [9.17, 15) is 0 Å². The molecule has 0 spiro atoms. The number of nitrogens with zero attached hydrogens (tertiary/aromatic N) is 3. The van der Waals surface area contributed by atoms with E-state index < -0.39 is 0 Å². The molecule has 1 saturated heterocycles. The van der Waals surface area contributed by atoms with Gasteiger partial charge in [-0.3, -0.25) is 4.99 Å². The predicted molar refractivity (Wildman–Crippen MR) is 120 cm³/mol. The highest BCUT2D eigenvalue weighted by molar-refractivity contribution is 14.0. The number of aliphatic imine (C=N–C) groups is 1. The first-order valence-electron chi connectivity index (χ1n) is 9.79. The third-order valence-electron chi connectivity index (χ3n) is 5.33. The van der Waals surface area contributed by atoms with Crippen molar-refractivity contribution in [2.24, 2.45) is 10.9 Å². The first-order valence-corrected chi connectivity index (χ1v) is 10.7. The summed E-state index contributed by atoms with van der Waals surface area (Å²) in [6, 6.07) is 0. The zero-order chi connectivity index (χ0) is 17.5. The molecule has 26 heavy (non-hydrogen) atoms. The number of guanidine groups is 1. The molecule has 5 nitrogen and oxygen atoms in total. The van der Waals surface area contributed by atoms with E-state index in [4.69, 9.17) is 4.74 Å². The molecule has 3 rings (SSSR count). The van der Waals surface area contributed by atoms with Crippen molar-refractivity contribution in [3.05, 3.63) is 16.1 Å². The minimum absolute atomic E-state index is 0. The number of rotatable bonds is 6. The van der Waals surface area contributed by atoms with E-state index in [-0.39, 0.29) is 24.0 Å². The second-order valence-corrected chi connectivity index (χ2v) is 8.10. The number of hydrogen-bond donors (Lipinski definition) is 1. The van der Waals surface area contributed by atoms with Crippen molar-refractivity contribution in [2.75, 3.05) is 26.7 Å². The minimum atomic E-state index is 0. The smallest absolute Gasteiger partial charge is 0.193 e. The van der Waals surface area contributed by atoms with Crippen LogP contribution in [0.5, 0.6) is 0 Å². The molecule has 0 bridgehead atoms. The fourth-order valence-electron chi connectivity index (χ4n) is 3.78. The van der Waals surface area contributed by atoms with Crippen LogP contribution in [0.15, 0.2) is 10.4 Å². The molecule has 1 aromatic rings. The molecule has 7 heteroatoms. The molecule has 2 heterocycles.